The molecule has 3 N–H and O–H groups in total. The molecule has 136 valence electrons. The lowest BCUT2D eigenvalue weighted by Gasteiger charge is -2.10. The summed E-state index contributed by atoms with van der Waals surface area (Å²) in [5.41, 5.74) is 0.319. The van der Waals surface area contributed by atoms with Crippen LogP contribution in [0.25, 0.3) is 0 Å². The number of anilines is 1. The molecule has 0 saturated carbocycles. The summed E-state index contributed by atoms with van der Waals surface area (Å²) < 4.78 is 26.9. The van der Waals surface area contributed by atoms with Crippen LogP contribution in [-0.4, -0.2) is 26.0 Å². The molecule has 0 bridgehead atoms. The zero-order valence-electron chi connectivity index (χ0n) is 14.0. The molecule has 0 fully saturated rings. The normalized spacial score (nSPS) is 11.2. The number of carbonyl (C=O) groups is 1. The predicted molar refractivity (Wildman–Crippen MR) is 99.7 cm³/mol. The van der Waals surface area contributed by atoms with E-state index >= 15 is 0 Å². The monoisotopic (exact) mass is 382 g/mol. The maximum atomic E-state index is 12.2. The van der Waals surface area contributed by atoms with E-state index in [4.69, 9.17) is 0 Å². The van der Waals surface area contributed by atoms with E-state index < -0.39 is 10.0 Å². The topological polar surface area (TPSA) is 95.5 Å². The molecule has 2 rings (SSSR count). The summed E-state index contributed by atoms with van der Waals surface area (Å²) in [6, 6.07) is 7.23. The van der Waals surface area contributed by atoms with Crippen LogP contribution in [0.15, 0.2) is 39.9 Å². The summed E-state index contributed by atoms with van der Waals surface area (Å²) in [4.78, 5) is 12.1. The maximum absolute atomic E-state index is 12.2. The van der Waals surface area contributed by atoms with Crippen LogP contribution in [0.3, 0.4) is 0 Å². The second-order valence-corrected chi connectivity index (χ2v) is 8.44. The van der Waals surface area contributed by atoms with Crippen molar-refractivity contribution < 1.29 is 18.3 Å². The number of aromatic hydroxyl groups is 1. The van der Waals surface area contributed by atoms with E-state index in [1.54, 1.807) is 11.4 Å². The van der Waals surface area contributed by atoms with Gasteiger partial charge in [0.1, 0.15) is 9.96 Å². The van der Waals surface area contributed by atoms with Gasteiger partial charge in [-0.1, -0.05) is 32.3 Å². The minimum atomic E-state index is -3.69. The van der Waals surface area contributed by atoms with Crippen molar-refractivity contribution in [2.24, 2.45) is 0 Å². The fourth-order valence-corrected chi connectivity index (χ4v) is 4.30. The molecule has 0 aliphatic heterocycles. The molecule has 25 heavy (non-hydrogen) atoms. The molecule has 1 heterocycles. The molecule has 0 aliphatic rings. The van der Waals surface area contributed by atoms with Crippen molar-refractivity contribution in [3.05, 3.63) is 41.3 Å². The Kier molecular flexibility index (Phi) is 6.83. The summed E-state index contributed by atoms with van der Waals surface area (Å²) in [7, 11) is -3.69. The number of amides is 1. The van der Waals surface area contributed by atoms with Gasteiger partial charge in [0.25, 0.3) is 15.9 Å². The summed E-state index contributed by atoms with van der Waals surface area (Å²) in [6.07, 6.45) is 4.18. The van der Waals surface area contributed by atoms with Gasteiger partial charge in [-0.2, -0.15) is 0 Å². The highest BCUT2D eigenvalue weighted by Crippen LogP contribution is 2.25. The maximum Gasteiger partial charge on any atom is 0.271 e. The number of hydrogen-bond donors (Lipinski definition) is 3. The molecule has 8 heteroatoms. The third-order valence-electron chi connectivity index (χ3n) is 3.57. The number of nitrogens with one attached hydrogen (secondary N) is 2. The summed E-state index contributed by atoms with van der Waals surface area (Å²) in [5.74, 6) is -0.640. The quantitative estimate of drug-likeness (QED) is 0.578. The molecule has 1 aromatic heterocycles. The van der Waals surface area contributed by atoms with Gasteiger partial charge in [0.15, 0.2) is 0 Å². The molecule has 1 aromatic carbocycles. The molecule has 0 spiro atoms. The van der Waals surface area contributed by atoms with E-state index in [2.05, 4.69) is 17.0 Å². The standard InChI is InChI=1S/C17H22N2O4S2/c1-2-3-4-5-10-18-17(21)14-9-8-13(12-15(14)20)19-25(22,23)16-7-6-11-24-16/h6-9,11-12,19-20H,2-5,10H2,1H3,(H,18,21). The Balaban J connectivity index is 1.99. The lowest BCUT2D eigenvalue weighted by molar-refractivity contribution is 0.0950. The fourth-order valence-electron chi connectivity index (χ4n) is 2.26. The number of phenols is 1. The Labute approximate surface area is 151 Å². The molecule has 6 nitrogen and oxygen atoms in total. The second-order valence-electron chi connectivity index (χ2n) is 5.59. The first-order valence-corrected chi connectivity index (χ1v) is 10.5. The number of rotatable bonds is 9. The van der Waals surface area contributed by atoms with Crippen LogP contribution in [0.2, 0.25) is 0 Å². The lowest BCUT2D eigenvalue weighted by atomic mass is 10.1. The van der Waals surface area contributed by atoms with Crippen LogP contribution in [0.4, 0.5) is 5.69 Å². The zero-order chi connectivity index (χ0) is 18.3. The fraction of sp³-hybridized carbons (Fsp3) is 0.353. The van der Waals surface area contributed by atoms with Gasteiger partial charge in [-0.3, -0.25) is 9.52 Å². The number of unbranched alkanes of at least 4 members (excludes halogenated alkanes) is 3. The van der Waals surface area contributed by atoms with Crippen molar-refractivity contribution in [3.63, 3.8) is 0 Å². The number of hydrogen-bond acceptors (Lipinski definition) is 5. The van der Waals surface area contributed by atoms with Crippen molar-refractivity contribution >= 4 is 33.0 Å². The van der Waals surface area contributed by atoms with Gasteiger partial charge in [0.05, 0.1) is 11.3 Å². The largest absolute Gasteiger partial charge is 0.507 e. The van der Waals surface area contributed by atoms with E-state index in [0.717, 1.165) is 37.0 Å². The summed E-state index contributed by atoms with van der Waals surface area (Å²) >= 11 is 1.10. The number of sulfonamides is 1. The Hall–Kier alpha value is -2.06. The molecule has 2 aromatic rings. The van der Waals surface area contributed by atoms with Crippen molar-refractivity contribution in [1.82, 2.24) is 5.32 Å². The van der Waals surface area contributed by atoms with Crippen LogP contribution in [-0.2, 0) is 10.0 Å². The summed E-state index contributed by atoms with van der Waals surface area (Å²) in [5, 5.41) is 14.5. The van der Waals surface area contributed by atoms with Crippen molar-refractivity contribution in [2.45, 2.75) is 36.8 Å². The molecule has 0 saturated heterocycles. The Bertz CT molecular complexity index is 802. The highest BCUT2D eigenvalue weighted by Gasteiger charge is 2.17. The molecular formula is C17H22N2O4S2. The number of phenolic OH excluding ortho intramolecular Hbond substituents is 1. The van der Waals surface area contributed by atoms with E-state index in [9.17, 15) is 18.3 Å². The Morgan fingerprint density at radius 2 is 2.00 bits per heavy atom. The average Bonchev–Trinajstić information content (AvgIpc) is 3.09. The Morgan fingerprint density at radius 1 is 1.20 bits per heavy atom. The number of benzene rings is 1. The van der Waals surface area contributed by atoms with E-state index in [1.165, 1.54) is 24.3 Å². The molecule has 0 unspecified atom stereocenters. The zero-order valence-corrected chi connectivity index (χ0v) is 15.6. The molecular weight excluding hydrogens is 360 g/mol. The van der Waals surface area contributed by atoms with E-state index in [0.29, 0.717) is 6.54 Å². The second kappa shape index (κ2) is 8.87. The third-order valence-corrected chi connectivity index (χ3v) is 6.35. The van der Waals surface area contributed by atoms with Crippen LogP contribution in [0.5, 0.6) is 5.75 Å². The van der Waals surface area contributed by atoms with Crippen molar-refractivity contribution in [1.29, 1.82) is 0 Å². The van der Waals surface area contributed by atoms with Crippen LogP contribution < -0.4 is 10.0 Å². The first-order chi connectivity index (χ1) is 11.9. The number of carbonyl (C=O) groups excluding carboxylic acids is 1. The summed E-state index contributed by atoms with van der Waals surface area (Å²) in [6.45, 7) is 2.66. The number of thiophene rings is 1. The van der Waals surface area contributed by atoms with Crippen LogP contribution in [0.1, 0.15) is 43.0 Å². The van der Waals surface area contributed by atoms with Crippen LogP contribution in [0, 0.1) is 0 Å². The SMILES string of the molecule is CCCCCCNC(=O)c1ccc(NS(=O)(=O)c2cccs2)cc1O. The smallest absolute Gasteiger partial charge is 0.271 e. The minimum absolute atomic E-state index is 0.120. The van der Waals surface area contributed by atoms with Gasteiger partial charge >= 0.3 is 0 Å². The van der Waals surface area contributed by atoms with Gasteiger partial charge in [-0.25, -0.2) is 8.42 Å². The van der Waals surface area contributed by atoms with Crippen molar-refractivity contribution in [3.8, 4) is 5.75 Å². The van der Waals surface area contributed by atoms with Gasteiger partial charge < -0.3 is 10.4 Å². The first-order valence-electron chi connectivity index (χ1n) is 8.11. The van der Waals surface area contributed by atoms with Gasteiger partial charge in [0, 0.05) is 12.6 Å². The predicted octanol–water partition coefficient (Wildman–Crippen LogP) is 3.56. The van der Waals surface area contributed by atoms with E-state index in [1.807, 2.05) is 0 Å². The highest BCUT2D eigenvalue weighted by molar-refractivity contribution is 7.94. The Morgan fingerprint density at radius 3 is 2.64 bits per heavy atom. The lowest BCUT2D eigenvalue weighted by Crippen LogP contribution is -2.24. The van der Waals surface area contributed by atoms with Crippen LogP contribution >= 0.6 is 11.3 Å². The molecule has 1 amide bonds. The average molecular weight is 383 g/mol. The highest BCUT2D eigenvalue weighted by atomic mass is 32.2. The van der Waals surface area contributed by atoms with E-state index in [-0.39, 0.29) is 27.1 Å². The van der Waals surface area contributed by atoms with Gasteiger partial charge in [-0.15, -0.1) is 11.3 Å². The first kappa shape index (κ1) is 19.3. The minimum Gasteiger partial charge on any atom is -0.507 e. The van der Waals surface area contributed by atoms with Gasteiger partial charge in [0.2, 0.25) is 0 Å². The van der Waals surface area contributed by atoms with Crippen molar-refractivity contribution in [2.75, 3.05) is 11.3 Å². The van der Waals surface area contributed by atoms with Gasteiger partial charge in [-0.05, 0) is 30.0 Å². The third kappa shape index (κ3) is 5.47. The molecule has 0 radical (unpaired) electrons. The molecule has 0 atom stereocenters. The molecule has 0 aliphatic carbocycles.